The number of benzene rings is 3. The fourth-order valence-corrected chi connectivity index (χ4v) is 6.82. The van der Waals surface area contributed by atoms with Crippen LogP contribution in [0.5, 0.6) is 0 Å². The summed E-state index contributed by atoms with van der Waals surface area (Å²) in [5.41, 5.74) is 3.15. The van der Waals surface area contributed by atoms with Crippen LogP contribution in [0, 0.1) is 26.6 Å². The van der Waals surface area contributed by atoms with Crippen molar-refractivity contribution in [2.24, 2.45) is 0 Å². The molecule has 1 aliphatic rings. The molecule has 3 aromatic carbocycles. The molecule has 4 rings (SSSR count). The average molecular weight is 594 g/mol. The number of carbonyl (C=O) groups excluding carboxylic acids is 2. The van der Waals surface area contributed by atoms with E-state index in [2.05, 4.69) is 5.32 Å². The SMILES string of the molecule is Cc1ccc(S(=O)(=O)N(CC(=O)N(Cc2ccccc2F)[C@H](C)C(=O)NC2CCCCC2)c2cc(C)cc(C)c2)cc1. The summed E-state index contributed by atoms with van der Waals surface area (Å²) in [6, 6.07) is 16.9. The summed E-state index contributed by atoms with van der Waals surface area (Å²) in [5, 5.41) is 3.06. The Morgan fingerprint density at radius 1 is 0.905 bits per heavy atom. The second-order valence-electron chi connectivity index (χ2n) is 11.3. The number of carbonyl (C=O) groups is 2. The number of hydrogen-bond acceptors (Lipinski definition) is 4. The predicted molar refractivity (Wildman–Crippen MR) is 163 cm³/mol. The van der Waals surface area contributed by atoms with Crippen molar-refractivity contribution in [2.75, 3.05) is 10.8 Å². The van der Waals surface area contributed by atoms with Gasteiger partial charge in [0.1, 0.15) is 18.4 Å². The molecule has 9 heteroatoms. The quantitative estimate of drug-likeness (QED) is 0.321. The van der Waals surface area contributed by atoms with E-state index in [0.717, 1.165) is 53.1 Å². The van der Waals surface area contributed by atoms with E-state index < -0.39 is 34.3 Å². The van der Waals surface area contributed by atoms with Gasteiger partial charge in [0.05, 0.1) is 10.6 Å². The zero-order valence-corrected chi connectivity index (χ0v) is 25.6. The van der Waals surface area contributed by atoms with Gasteiger partial charge in [-0.15, -0.1) is 0 Å². The van der Waals surface area contributed by atoms with Gasteiger partial charge in [0.15, 0.2) is 0 Å². The summed E-state index contributed by atoms with van der Waals surface area (Å²) in [5.74, 6) is -1.46. The second kappa shape index (κ2) is 13.5. The molecule has 7 nitrogen and oxygen atoms in total. The van der Waals surface area contributed by atoms with Gasteiger partial charge in [-0.1, -0.05) is 61.2 Å². The van der Waals surface area contributed by atoms with E-state index in [1.165, 1.54) is 23.1 Å². The number of amides is 2. The molecule has 0 spiro atoms. The van der Waals surface area contributed by atoms with Gasteiger partial charge in [0, 0.05) is 18.2 Å². The molecule has 1 atom stereocenters. The van der Waals surface area contributed by atoms with Crippen LogP contribution < -0.4 is 9.62 Å². The molecule has 1 saturated carbocycles. The minimum Gasteiger partial charge on any atom is -0.352 e. The zero-order chi connectivity index (χ0) is 30.4. The van der Waals surface area contributed by atoms with E-state index in [1.54, 1.807) is 49.4 Å². The summed E-state index contributed by atoms with van der Waals surface area (Å²) in [6.07, 6.45) is 4.92. The lowest BCUT2D eigenvalue weighted by Crippen LogP contribution is -2.53. The Labute approximate surface area is 248 Å². The highest BCUT2D eigenvalue weighted by Crippen LogP contribution is 2.27. The molecule has 224 valence electrons. The van der Waals surface area contributed by atoms with E-state index in [0.29, 0.717) is 5.69 Å². The van der Waals surface area contributed by atoms with Crippen LogP contribution in [0.25, 0.3) is 0 Å². The van der Waals surface area contributed by atoms with Crippen molar-refractivity contribution in [3.63, 3.8) is 0 Å². The first-order valence-electron chi connectivity index (χ1n) is 14.5. The topological polar surface area (TPSA) is 86.8 Å². The number of nitrogens with one attached hydrogen (secondary N) is 1. The van der Waals surface area contributed by atoms with Crippen molar-refractivity contribution >= 4 is 27.5 Å². The molecule has 1 fully saturated rings. The number of nitrogens with zero attached hydrogens (tertiary/aromatic N) is 2. The molecule has 0 heterocycles. The van der Waals surface area contributed by atoms with Crippen LogP contribution in [-0.2, 0) is 26.2 Å². The molecular weight excluding hydrogens is 553 g/mol. The van der Waals surface area contributed by atoms with Crippen LogP contribution in [0.1, 0.15) is 61.3 Å². The Balaban J connectivity index is 1.71. The number of rotatable bonds is 10. The Bertz CT molecular complexity index is 1500. The van der Waals surface area contributed by atoms with Crippen LogP contribution in [-0.4, -0.2) is 43.8 Å². The normalized spacial score (nSPS) is 14.7. The Morgan fingerprint density at radius 2 is 1.52 bits per heavy atom. The summed E-state index contributed by atoms with van der Waals surface area (Å²) < 4.78 is 43.9. The fourth-order valence-electron chi connectivity index (χ4n) is 5.42. The third-order valence-electron chi connectivity index (χ3n) is 7.80. The second-order valence-corrected chi connectivity index (χ2v) is 13.2. The molecule has 0 aliphatic heterocycles. The largest absolute Gasteiger partial charge is 0.352 e. The first-order valence-corrected chi connectivity index (χ1v) is 15.9. The molecule has 0 unspecified atom stereocenters. The van der Waals surface area contributed by atoms with Gasteiger partial charge in [0.2, 0.25) is 11.8 Å². The summed E-state index contributed by atoms with van der Waals surface area (Å²) in [4.78, 5) is 28.8. The Hall–Kier alpha value is -3.72. The summed E-state index contributed by atoms with van der Waals surface area (Å²) in [7, 11) is -4.17. The van der Waals surface area contributed by atoms with Crippen LogP contribution in [0.2, 0.25) is 0 Å². The molecule has 0 aromatic heterocycles. The highest BCUT2D eigenvalue weighted by Gasteiger charge is 2.33. The maximum Gasteiger partial charge on any atom is 0.264 e. The molecule has 1 N–H and O–H groups in total. The van der Waals surface area contributed by atoms with E-state index in [9.17, 15) is 22.4 Å². The maximum absolute atomic E-state index is 14.8. The fraction of sp³-hybridized carbons (Fsp3) is 0.394. The zero-order valence-electron chi connectivity index (χ0n) is 24.8. The van der Waals surface area contributed by atoms with Gasteiger partial charge in [-0.05, 0) is 82.0 Å². The summed E-state index contributed by atoms with van der Waals surface area (Å²) >= 11 is 0. The van der Waals surface area contributed by atoms with Gasteiger partial charge < -0.3 is 10.2 Å². The van der Waals surface area contributed by atoms with Crippen molar-refractivity contribution in [1.82, 2.24) is 10.2 Å². The molecule has 0 bridgehead atoms. The van der Waals surface area contributed by atoms with Gasteiger partial charge >= 0.3 is 0 Å². The molecule has 0 saturated heterocycles. The van der Waals surface area contributed by atoms with E-state index in [-0.39, 0.29) is 29.0 Å². The predicted octanol–water partition coefficient (Wildman–Crippen LogP) is 5.81. The molecular formula is C33H40FN3O4S. The van der Waals surface area contributed by atoms with Gasteiger partial charge in [-0.2, -0.15) is 0 Å². The first-order chi connectivity index (χ1) is 20.0. The highest BCUT2D eigenvalue weighted by atomic mass is 32.2. The minimum absolute atomic E-state index is 0.0211. The van der Waals surface area contributed by atoms with Crippen molar-refractivity contribution in [2.45, 2.75) is 83.3 Å². The average Bonchev–Trinajstić information content (AvgIpc) is 2.95. The molecule has 0 radical (unpaired) electrons. The number of halogens is 1. The van der Waals surface area contributed by atoms with Gasteiger partial charge in [-0.25, -0.2) is 12.8 Å². The third kappa shape index (κ3) is 7.56. The maximum atomic E-state index is 14.8. The number of sulfonamides is 1. The Kier molecular flexibility index (Phi) is 10.0. The molecule has 1 aliphatic carbocycles. The van der Waals surface area contributed by atoms with Crippen molar-refractivity contribution in [3.05, 3.63) is 94.8 Å². The standard InChI is InChI=1S/C33H40FN3O4S/c1-23-14-16-30(17-15-23)42(40,41)37(29-19-24(2)18-25(3)20-29)22-32(38)36(21-27-10-8-9-13-31(27)34)26(4)33(39)35-28-11-6-5-7-12-28/h8-10,13-20,26,28H,5-7,11-12,21-22H2,1-4H3,(H,35,39)/t26-/m1/s1. The molecule has 3 aromatic rings. The number of anilines is 1. The molecule has 2 amide bonds. The third-order valence-corrected chi connectivity index (χ3v) is 9.59. The monoisotopic (exact) mass is 593 g/mol. The van der Waals surface area contributed by atoms with Crippen molar-refractivity contribution in [3.8, 4) is 0 Å². The summed E-state index contributed by atoms with van der Waals surface area (Å²) in [6.45, 7) is 6.44. The van der Waals surface area contributed by atoms with Crippen LogP contribution in [0.3, 0.4) is 0 Å². The molecule has 42 heavy (non-hydrogen) atoms. The number of hydrogen-bond donors (Lipinski definition) is 1. The van der Waals surface area contributed by atoms with Crippen LogP contribution in [0.15, 0.2) is 71.6 Å². The van der Waals surface area contributed by atoms with Gasteiger partial charge in [0.25, 0.3) is 10.0 Å². The van der Waals surface area contributed by atoms with E-state index >= 15 is 0 Å². The van der Waals surface area contributed by atoms with Crippen LogP contribution >= 0.6 is 0 Å². The lowest BCUT2D eigenvalue weighted by molar-refractivity contribution is -0.139. The Morgan fingerprint density at radius 3 is 2.14 bits per heavy atom. The minimum atomic E-state index is -4.17. The van der Waals surface area contributed by atoms with E-state index in [1.807, 2.05) is 26.8 Å². The van der Waals surface area contributed by atoms with E-state index in [4.69, 9.17) is 0 Å². The first kappa shape index (κ1) is 31.2. The van der Waals surface area contributed by atoms with Crippen molar-refractivity contribution in [1.29, 1.82) is 0 Å². The van der Waals surface area contributed by atoms with Crippen molar-refractivity contribution < 1.29 is 22.4 Å². The van der Waals surface area contributed by atoms with Crippen LogP contribution in [0.4, 0.5) is 10.1 Å². The number of aryl methyl sites for hydroxylation is 3. The van der Waals surface area contributed by atoms with Gasteiger partial charge in [-0.3, -0.25) is 13.9 Å². The lowest BCUT2D eigenvalue weighted by Gasteiger charge is -2.33. The smallest absolute Gasteiger partial charge is 0.264 e. The highest BCUT2D eigenvalue weighted by molar-refractivity contribution is 7.92. The lowest BCUT2D eigenvalue weighted by atomic mass is 9.95.